The van der Waals surface area contributed by atoms with Crippen LogP contribution in [0.2, 0.25) is 0 Å². The highest BCUT2D eigenvalue weighted by molar-refractivity contribution is 5.89. The minimum absolute atomic E-state index is 0.0291. The van der Waals surface area contributed by atoms with Crippen LogP contribution in [0.3, 0.4) is 0 Å². The molecule has 110 valence electrons. The summed E-state index contributed by atoms with van der Waals surface area (Å²) >= 11 is 0. The van der Waals surface area contributed by atoms with E-state index in [4.69, 9.17) is 4.84 Å². The molecule has 0 spiro atoms. The molecule has 0 aromatic rings. The molecule has 1 saturated heterocycles. The Morgan fingerprint density at radius 3 is 2.47 bits per heavy atom. The third-order valence-corrected chi connectivity index (χ3v) is 4.76. The zero-order chi connectivity index (χ0) is 14.8. The van der Waals surface area contributed by atoms with Gasteiger partial charge in [0.25, 0.3) is 0 Å². The second-order valence-corrected chi connectivity index (χ2v) is 5.94. The average molecular weight is 270 g/mol. The molecular weight excluding hydrogens is 244 g/mol. The van der Waals surface area contributed by atoms with Crippen LogP contribution < -0.4 is 0 Å². The summed E-state index contributed by atoms with van der Waals surface area (Å²) in [5.74, 6) is -0.385. The lowest BCUT2D eigenvalue weighted by atomic mass is 9.70. The molecule has 0 radical (unpaired) electrons. The van der Waals surface area contributed by atoms with Crippen molar-refractivity contribution >= 4 is 11.7 Å². The van der Waals surface area contributed by atoms with Crippen LogP contribution in [-0.4, -0.2) is 33.0 Å². The fraction of sp³-hybridized carbons (Fsp3) is 0.857. The van der Waals surface area contributed by atoms with Crippen LogP contribution in [-0.2, 0) is 9.63 Å². The van der Waals surface area contributed by atoms with Crippen molar-refractivity contribution in [1.82, 2.24) is 5.06 Å². The van der Waals surface area contributed by atoms with E-state index in [-0.39, 0.29) is 11.5 Å². The topological polar surface area (TPSA) is 62.1 Å². The molecular formula is C14H26N2O3. The molecule has 3 unspecified atom stereocenters. The molecule has 0 aromatic heterocycles. The SMILES string of the molecule is CCC1(C)C/C(=N/OC(C)=O)C(C)C(C)(CC)N1O. The smallest absolute Gasteiger partial charge is 0.319 e. The molecule has 0 amide bonds. The Morgan fingerprint density at radius 1 is 1.47 bits per heavy atom. The summed E-state index contributed by atoms with van der Waals surface area (Å²) in [4.78, 5) is 15.7. The summed E-state index contributed by atoms with van der Waals surface area (Å²) in [6, 6.07) is 0. The van der Waals surface area contributed by atoms with Gasteiger partial charge < -0.3 is 10.0 Å². The molecule has 1 fully saturated rings. The lowest BCUT2D eigenvalue weighted by molar-refractivity contribution is -0.249. The lowest BCUT2D eigenvalue weighted by Gasteiger charge is -2.54. The summed E-state index contributed by atoms with van der Waals surface area (Å²) < 4.78 is 0. The molecule has 1 aliphatic heterocycles. The molecule has 0 aromatic carbocycles. The zero-order valence-electron chi connectivity index (χ0n) is 12.9. The monoisotopic (exact) mass is 270 g/mol. The number of nitrogens with zero attached hydrogens (tertiary/aromatic N) is 2. The van der Waals surface area contributed by atoms with E-state index in [1.54, 1.807) is 0 Å². The second-order valence-electron chi connectivity index (χ2n) is 5.94. The molecule has 0 bridgehead atoms. The standard InChI is InChI=1S/C14H26N2O3/c1-7-13(5)9-12(15-19-11(4)17)10(3)14(6,8-2)16(13)18/h10,18H,7-9H2,1-6H3/b15-12-. The van der Waals surface area contributed by atoms with Crippen LogP contribution in [0.25, 0.3) is 0 Å². The first-order valence-corrected chi connectivity index (χ1v) is 6.94. The van der Waals surface area contributed by atoms with Crippen LogP contribution in [0.15, 0.2) is 5.16 Å². The quantitative estimate of drug-likeness (QED) is 0.632. The predicted octanol–water partition coefficient (Wildman–Crippen LogP) is 2.97. The fourth-order valence-corrected chi connectivity index (χ4v) is 2.74. The maximum atomic E-state index is 10.9. The van der Waals surface area contributed by atoms with Crippen LogP contribution in [0.5, 0.6) is 0 Å². The maximum absolute atomic E-state index is 10.9. The minimum Gasteiger partial charge on any atom is -0.319 e. The highest BCUT2D eigenvalue weighted by Gasteiger charge is 2.51. The normalized spacial score (nSPS) is 38.5. The van der Waals surface area contributed by atoms with E-state index in [9.17, 15) is 10.0 Å². The number of hydroxylamine groups is 2. The van der Waals surface area contributed by atoms with Gasteiger partial charge in [-0.1, -0.05) is 25.9 Å². The molecule has 0 saturated carbocycles. The Morgan fingerprint density at radius 2 is 2.05 bits per heavy atom. The third-order valence-electron chi connectivity index (χ3n) is 4.76. The number of carbonyl (C=O) groups is 1. The van der Waals surface area contributed by atoms with Crippen molar-refractivity contribution in [3.8, 4) is 0 Å². The van der Waals surface area contributed by atoms with E-state index in [1.807, 2.05) is 34.6 Å². The number of hydrogen-bond acceptors (Lipinski definition) is 5. The number of rotatable bonds is 3. The van der Waals surface area contributed by atoms with Gasteiger partial charge >= 0.3 is 5.97 Å². The van der Waals surface area contributed by atoms with Gasteiger partial charge in [0.05, 0.1) is 11.3 Å². The molecule has 5 heteroatoms. The molecule has 1 aliphatic rings. The highest BCUT2D eigenvalue weighted by Crippen LogP contribution is 2.42. The maximum Gasteiger partial charge on any atom is 0.331 e. The Balaban J connectivity index is 3.16. The second kappa shape index (κ2) is 5.59. The molecule has 1 heterocycles. The van der Waals surface area contributed by atoms with Gasteiger partial charge in [0, 0.05) is 24.8 Å². The third kappa shape index (κ3) is 2.82. The summed E-state index contributed by atoms with van der Waals surface area (Å²) in [5, 5.41) is 16.1. The fourth-order valence-electron chi connectivity index (χ4n) is 2.74. The number of oxime groups is 1. The van der Waals surface area contributed by atoms with Crippen LogP contribution in [0.1, 0.15) is 60.8 Å². The first kappa shape index (κ1) is 16.1. The molecule has 1 N–H and O–H groups in total. The van der Waals surface area contributed by atoms with E-state index >= 15 is 0 Å². The van der Waals surface area contributed by atoms with Crippen LogP contribution in [0.4, 0.5) is 0 Å². The number of piperidine rings is 1. The van der Waals surface area contributed by atoms with Gasteiger partial charge in [-0.25, -0.2) is 4.79 Å². The Labute approximate surface area is 115 Å². The van der Waals surface area contributed by atoms with Gasteiger partial charge in [-0.3, -0.25) is 0 Å². The van der Waals surface area contributed by atoms with E-state index in [1.165, 1.54) is 12.0 Å². The number of hydrogen-bond donors (Lipinski definition) is 1. The van der Waals surface area contributed by atoms with Gasteiger partial charge in [0.15, 0.2) is 0 Å². The van der Waals surface area contributed by atoms with Crippen molar-refractivity contribution in [3.05, 3.63) is 0 Å². The molecule has 1 rings (SSSR count). The number of carbonyl (C=O) groups excluding carboxylic acids is 1. The van der Waals surface area contributed by atoms with Gasteiger partial charge in [-0.05, 0) is 26.7 Å². The van der Waals surface area contributed by atoms with Crippen molar-refractivity contribution in [3.63, 3.8) is 0 Å². The Bertz CT molecular complexity index is 383. The van der Waals surface area contributed by atoms with E-state index < -0.39 is 11.5 Å². The van der Waals surface area contributed by atoms with Crippen molar-refractivity contribution in [2.45, 2.75) is 71.9 Å². The van der Waals surface area contributed by atoms with Crippen molar-refractivity contribution in [2.75, 3.05) is 0 Å². The summed E-state index contributed by atoms with van der Waals surface area (Å²) in [6.45, 7) is 11.5. The molecule has 0 aliphatic carbocycles. The van der Waals surface area contributed by atoms with Gasteiger partial charge in [0.1, 0.15) is 0 Å². The van der Waals surface area contributed by atoms with E-state index in [2.05, 4.69) is 5.16 Å². The first-order valence-electron chi connectivity index (χ1n) is 6.94. The molecule has 19 heavy (non-hydrogen) atoms. The van der Waals surface area contributed by atoms with Gasteiger partial charge in [-0.15, -0.1) is 0 Å². The molecule has 5 nitrogen and oxygen atoms in total. The Hall–Kier alpha value is -0.940. The average Bonchev–Trinajstić information content (AvgIpc) is 2.39. The van der Waals surface area contributed by atoms with Crippen molar-refractivity contribution < 1.29 is 14.8 Å². The van der Waals surface area contributed by atoms with E-state index in [0.29, 0.717) is 6.42 Å². The van der Waals surface area contributed by atoms with Crippen molar-refractivity contribution in [1.29, 1.82) is 0 Å². The summed E-state index contributed by atoms with van der Waals surface area (Å²) in [7, 11) is 0. The zero-order valence-corrected chi connectivity index (χ0v) is 12.9. The van der Waals surface area contributed by atoms with Gasteiger partial charge in [0.2, 0.25) is 0 Å². The predicted molar refractivity (Wildman–Crippen MR) is 74.0 cm³/mol. The van der Waals surface area contributed by atoms with Gasteiger partial charge in [-0.2, -0.15) is 5.06 Å². The summed E-state index contributed by atoms with van der Waals surface area (Å²) in [6.07, 6.45) is 2.19. The summed E-state index contributed by atoms with van der Waals surface area (Å²) in [5.41, 5.74) is 0.0623. The highest BCUT2D eigenvalue weighted by atomic mass is 16.7. The van der Waals surface area contributed by atoms with Crippen LogP contribution >= 0.6 is 0 Å². The molecule has 3 atom stereocenters. The van der Waals surface area contributed by atoms with E-state index in [0.717, 1.165) is 18.6 Å². The minimum atomic E-state index is -0.414. The Kier molecular flexibility index (Phi) is 4.74. The lowest BCUT2D eigenvalue weighted by Crippen LogP contribution is -2.65. The van der Waals surface area contributed by atoms with Crippen molar-refractivity contribution in [2.24, 2.45) is 11.1 Å². The largest absolute Gasteiger partial charge is 0.331 e. The first-order chi connectivity index (χ1) is 8.71. The van der Waals surface area contributed by atoms with Crippen LogP contribution in [0, 0.1) is 5.92 Å².